The lowest BCUT2D eigenvalue weighted by atomic mass is 9.87. The highest BCUT2D eigenvalue weighted by Gasteiger charge is 2.16. The lowest BCUT2D eigenvalue weighted by Crippen LogP contribution is -2.18. The highest BCUT2D eigenvalue weighted by Crippen LogP contribution is 2.23. The molecule has 1 radical (unpaired) electrons. The van der Waals surface area contributed by atoms with E-state index in [1.54, 1.807) is 0 Å². The lowest BCUT2D eigenvalue weighted by Gasteiger charge is -2.22. The molecule has 0 bridgehead atoms. The van der Waals surface area contributed by atoms with Crippen molar-refractivity contribution in [2.45, 2.75) is 25.4 Å². The number of rotatable bonds is 1. The van der Waals surface area contributed by atoms with Gasteiger partial charge in [0, 0.05) is 0 Å². The molecule has 0 aliphatic heterocycles. The highest BCUT2D eigenvalue weighted by atomic mass is 16.3. The van der Waals surface area contributed by atoms with Crippen LogP contribution in [0.15, 0.2) is 12.7 Å². The van der Waals surface area contributed by atoms with Crippen LogP contribution in [0.5, 0.6) is 0 Å². The average Bonchev–Trinajstić information content (AvgIpc) is 1.88. The van der Waals surface area contributed by atoms with Crippen molar-refractivity contribution < 1.29 is 5.11 Å². The van der Waals surface area contributed by atoms with Crippen LogP contribution < -0.4 is 0 Å². The van der Waals surface area contributed by atoms with Crippen molar-refractivity contribution in [2.24, 2.45) is 5.92 Å². The molecule has 1 saturated carbocycles. The van der Waals surface area contributed by atoms with Gasteiger partial charge < -0.3 is 5.11 Å². The van der Waals surface area contributed by atoms with E-state index < -0.39 is 0 Å². The van der Waals surface area contributed by atoms with Gasteiger partial charge in [-0.1, -0.05) is 6.08 Å². The number of allylic oxidation sites excluding steroid dienone is 1. The van der Waals surface area contributed by atoms with Crippen LogP contribution in [0.4, 0.5) is 0 Å². The molecule has 0 aromatic heterocycles. The minimum Gasteiger partial charge on any atom is -0.393 e. The summed E-state index contributed by atoms with van der Waals surface area (Å²) in [4.78, 5) is 0. The molecule has 1 aliphatic carbocycles. The first-order valence-corrected chi connectivity index (χ1v) is 3.47. The molecule has 0 amide bonds. The first kappa shape index (κ1) is 6.81. The maximum absolute atomic E-state index is 9.11. The Morgan fingerprint density at radius 2 is 2.44 bits per heavy atom. The molecular formula is C8H13O. The van der Waals surface area contributed by atoms with Gasteiger partial charge in [-0.15, -0.1) is 6.58 Å². The summed E-state index contributed by atoms with van der Waals surface area (Å²) >= 11 is 0. The summed E-state index contributed by atoms with van der Waals surface area (Å²) in [6.45, 7) is 3.69. The second-order valence-corrected chi connectivity index (χ2v) is 2.61. The third-order valence-electron chi connectivity index (χ3n) is 1.85. The third kappa shape index (κ3) is 1.83. The molecular weight excluding hydrogens is 112 g/mol. The minimum atomic E-state index is -0.179. The van der Waals surface area contributed by atoms with Crippen molar-refractivity contribution in [1.29, 1.82) is 0 Å². The monoisotopic (exact) mass is 125 g/mol. The second-order valence-electron chi connectivity index (χ2n) is 2.61. The minimum absolute atomic E-state index is 0.179. The molecule has 0 saturated heterocycles. The van der Waals surface area contributed by atoms with Crippen LogP contribution in [0.1, 0.15) is 19.3 Å². The summed E-state index contributed by atoms with van der Waals surface area (Å²) in [6.07, 6.45) is 6.82. The first-order valence-electron chi connectivity index (χ1n) is 3.47. The standard InChI is InChI=1S/C8H13O/c1-2-7-4-3-5-8(9)6-7/h2,5,7-9H,1,3-4,6H2. The summed E-state index contributed by atoms with van der Waals surface area (Å²) < 4.78 is 0. The number of hydrogen-bond donors (Lipinski definition) is 1. The largest absolute Gasteiger partial charge is 0.393 e. The van der Waals surface area contributed by atoms with Crippen molar-refractivity contribution >= 4 is 0 Å². The quantitative estimate of drug-likeness (QED) is 0.527. The van der Waals surface area contributed by atoms with Crippen LogP contribution in [-0.4, -0.2) is 11.2 Å². The van der Waals surface area contributed by atoms with Crippen LogP contribution in [0.25, 0.3) is 0 Å². The molecule has 1 rings (SSSR count). The molecule has 0 heterocycles. The maximum atomic E-state index is 9.11. The molecule has 1 N–H and O–H groups in total. The van der Waals surface area contributed by atoms with Gasteiger partial charge in [-0.2, -0.15) is 0 Å². The molecule has 2 unspecified atom stereocenters. The predicted octanol–water partition coefficient (Wildman–Crippen LogP) is 1.54. The molecule has 1 fully saturated rings. The van der Waals surface area contributed by atoms with E-state index in [-0.39, 0.29) is 6.10 Å². The fraction of sp³-hybridized carbons (Fsp3) is 0.625. The number of aliphatic hydroxyl groups is 1. The maximum Gasteiger partial charge on any atom is 0.0577 e. The van der Waals surface area contributed by atoms with E-state index in [0.717, 1.165) is 12.8 Å². The fourth-order valence-electron chi connectivity index (χ4n) is 1.24. The molecule has 51 valence electrons. The van der Waals surface area contributed by atoms with Crippen LogP contribution in [-0.2, 0) is 0 Å². The molecule has 2 atom stereocenters. The topological polar surface area (TPSA) is 20.2 Å². The van der Waals surface area contributed by atoms with Crippen LogP contribution in [0, 0.1) is 12.3 Å². The Balaban J connectivity index is 2.31. The SMILES string of the molecule is C=CC1CC[CH]C(O)C1. The van der Waals surface area contributed by atoms with Crippen molar-refractivity contribution in [3.63, 3.8) is 0 Å². The van der Waals surface area contributed by atoms with Crippen molar-refractivity contribution in [1.82, 2.24) is 0 Å². The first-order chi connectivity index (χ1) is 4.33. The van der Waals surface area contributed by atoms with Crippen molar-refractivity contribution in [3.8, 4) is 0 Å². The zero-order valence-corrected chi connectivity index (χ0v) is 5.59. The fourth-order valence-corrected chi connectivity index (χ4v) is 1.24. The van der Waals surface area contributed by atoms with Gasteiger partial charge in [0.05, 0.1) is 6.10 Å². The van der Waals surface area contributed by atoms with Gasteiger partial charge in [0.2, 0.25) is 0 Å². The smallest absolute Gasteiger partial charge is 0.0577 e. The van der Waals surface area contributed by atoms with E-state index in [0.29, 0.717) is 5.92 Å². The molecule has 1 nitrogen and oxygen atoms in total. The van der Waals surface area contributed by atoms with E-state index in [1.165, 1.54) is 6.42 Å². The zero-order chi connectivity index (χ0) is 6.69. The lowest BCUT2D eigenvalue weighted by molar-refractivity contribution is 0.157. The van der Waals surface area contributed by atoms with Gasteiger partial charge in [-0.05, 0) is 31.6 Å². The average molecular weight is 125 g/mol. The predicted molar refractivity (Wildman–Crippen MR) is 37.8 cm³/mol. The Bertz CT molecular complexity index is 98.7. The highest BCUT2D eigenvalue weighted by molar-refractivity contribution is 4.91. The van der Waals surface area contributed by atoms with Gasteiger partial charge >= 0.3 is 0 Å². The Kier molecular flexibility index (Phi) is 2.29. The second kappa shape index (κ2) is 3.02. The van der Waals surface area contributed by atoms with Gasteiger partial charge in [0.1, 0.15) is 0 Å². The zero-order valence-electron chi connectivity index (χ0n) is 5.59. The summed E-state index contributed by atoms with van der Waals surface area (Å²) in [5.74, 6) is 0.546. The van der Waals surface area contributed by atoms with Gasteiger partial charge in [0.25, 0.3) is 0 Å². The molecule has 0 aromatic carbocycles. The summed E-state index contributed by atoms with van der Waals surface area (Å²) in [7, 11) is 0. The van der Waals surface area contributed by atoms with Crippen LogP contribution in [0.3, 0.4) is 0 Å². The Morgan fingerprint density at radius 1 is 1.67 bits per heavy atom. The molecule has 9 heavy (non-hydrogen) atoms. The normalized spacial score (nSPS) is 36.1. The van der Waals surface area contributed by atoms with Gasteiger partial charge in [-0.25, -0.2) is 0 Å². The van der Waals surface area contributed by atoms with Crippen molar-refractivity contribution in [3.05, 3.63) is 19.1 Å². The molecule has 0 spiro atoms. The Labute approximate surface area is 56.4 Å². The third-order valence-corrected chi connectivity index (χ3v) is 1.85. The summed E-state index contributed by atoms with van der Waals surface area (Å²) in [5.41, 5.74) is 0. The molecule has 1 heteroatoms. The number of aliphatic hydroxyl groups excluding tert-OH is 1. The van der Waals surface area contributed by atoms with Gasteiger partial charge in [-0.3, -0.25) is 0 Å². The van der Waals surface area contributed by atoms with E-state index in [1.807, 2.05) is 12.5 Å². The van der Waals surface area contributed by atoms with Gasteiger partial charge in [0.15, 0.2) is 0 Å². The molecule has 1 aliphatic rings. The van der Waals surface area contributed by atoms with E-state index >= 15 is 0 Å². The van der Waals surface area contributed by atoms with Crippen LogP contribution in [0.2, 0.25) is 0 Å². The molecule has 0 aromatic rings. The summed E-state index contributed by atoms with van der Waals surface area (Å²) in [5, 5.41) is 9.11. The van der Waals surface area contributed by atoms with Crippen LogP contribution >= 0.6 is 0 Å². The number of hydrogen-bond acceptors (Lipinski definition) is 1. The van der Waals surface area contributed by atoms with E-state index in [9.17, 15) is 0 Å². The van der Waals surface area contributed by atoms with E-state index in [2.05, 4.69) is 6.58 Å². The Morgan fingerprint density at radius 3 is 2.89 bits per heavy atom. The van der Waals surface area contributed by atoms with E-state index in [4.69, 9.17) is 5.11 Å². The Hall–Kier alpha value is -0.300. The van der Waals surface area contributed by atoms with Crippen molar-refractivity contribution in [2.75, 3.05) is 0 Å². The summed E-state index contributed by atoms with van der Waals surface area (Å²) in [6, 6.07) is 0.